The lowest BCUT2D eigenvalue weighted by molar-refractivity contribution is -0.385. The molecule has 142 valence electrons. The van der Waals surface area contributed by atoms with E-state index in [0.29, 0.717) is 41.3 Å². The van der Waals surface area contributed by atoms with Crippen molar-refractivity contribution < 1.29 is 4.92 Å². The molecule has 0 atom stereocenters. The first kappa shape index (κ1) is 17.7. The highest BCUT2D eigenvalue weighted by atomic mass is 16.6. The predicted molar refractivity (Wildman–Crippen MR) is 106 cm³/mol. The SMILES string of the molecule is CCn1c(=O)c2ccccc2n2c(CNc3cccc([N+](=O)[O-])c3C)nnc12. The highest BCUT2D eigenvalue weighted by Crippen LogP contribution is 2.25. The molecule has 4 rings (SSSR count). The van der Waals surface area contributed by atoms with Gasteiger partial charge in [0.1, 0.15) is 0 Å². The third-order valence-corrected chi connectivity index (χ3v) is 4.83. The van der Waals surface area contributed by atoms with Crippen LogP contribution in [0, 0.1) is 17.0 Å². The molecule has 1 N–H and O–H groups in total. The maximum absolute atomic E-state index is 12.7. The fourth-order valence-corrected chi connectivity index (χ4v) is 3.40. The van der Waals surface area contributed by atoms with Gasteiger partial charge in [0.2, 0.25) is 5.78 Å². The van der Waals surface area contributed by atoms with Crippen molar-refractivity contribution in [2.45, 2.75) is 26.9 Å². The first-order valence-electron chi connectivity index (χ1n) is 8.86. The molecule has 9 nitrogen and oxygen atoms in total. The van der Waals surface area contributed by atoms with E-state index in [1.165, 1.54) is 6.07 Å². The second-order valence-electron chi connectivity index (χ2n) is 6.38. The van der Waals surface area contributed by atoms with Gasteiger partial charge in [-0.05, 0) is 32.0 Å². The molecule has 0 fully saturated rings. The van der Waals surface area contributed by atoms with Gasteiger partial charge in [0, 0.05) is 23.9 Å². The van der Waals surface area contributed by atoms with Gasteiger partial charge in [-0.15, -0.1) is 10.2 Å². The highest BCUT2D eigenvalue weighted by Gasteiger charge is 2.17. The molecule has 0 bridgehead atoms. The van der Waals surface area contributed by atoms with Crippen LogP contribution < -0.4 is 10.9 Å². The highest BCUT2D eigenvalue weighted by molar-refractivity contribution is 5.80. The van der Waals surface area contributed by atoms with Gasteiger partial charge in [-0.2, -0.15) is 0 Å². The van der Waals surface area contributed by atoms with Crippen LogP contribution in [0.5, 0.6) is 0 Å². The normalized spacial score (nSPS) is 11.2. The molecule has 28 heavy (non-hydrogen) atoms. The Kier molecular flexibility index (Phi) is 4.26. The van der Waals surface area contributed by atoms with E-state index in [-0.39, 0.29) is 11.2 Å². The molecule has 0 radical (unpaired) electrons. The zero-order valence-electron chi connectivity index (χ0n) is 15.4. The third-order valence-electron chi connectivity index (χ3n) is 4.83. The Labute approximate surface area is 159 Å². The van der Waals surface area contributed by atoms with Gasteiger partial charge in [-0.1, -0.05) is 18.2 Å². The van der Waals surface area contributed by atoms with E-state index in [9.17, 15) is 14.9 Å². The van der Waals surface area contributed by atoms with E-state index in [1.54, 1.807) is 29.7 Å². The van der Waals surface area contributed by atoms with Crippen molar-refractivity contribution in [1.82, 2.24) is 19.2 Å². The number of hydrogen-bond acceptors (Lipinski definition) is 6. The molecule has 2 aromatic carbocycles. The average Bonchev–Trinajstić information content (AvgIpc) is 3.11. The van der Waals surface area contributed by atoms with E-state index >= 15 is 0 Å². The largest absolute Gasteiger partial charge is 0.377 e. The fourth-order valence-electron chi connectivity index (χ4n) is 3.40. The second-order valence-corrected chi connectivity index (χ2v) is 6.38. The van der Waals surface area contributed by atoms with Crippen molar-refractivity contribution in [3.8, 4) is 0 Å². The number of aromatic nitrogens is 4. The second kappa shape index (κ2) is 6.76. The van der Waals surface area contributed by atoms with Gasteiger partial charge < -0.3 is 5.32 Å². The van der Waals surface area contributed by atoms with Crippen LogP contribution in [0.15, 0.2) is 47.3 Å². The Morgan fingerprint density at radius 1 is 1.14 bits per heavy atom. The van der Waals surface area contributed by atoms with Crippen molar-refractivity contribution >= 4 is 28.1 Å². The summed E-state index contributed by atoms with van der Waals surface area (Å²) < 4.78 is 3.43. The summed E-state index contributed by atoms with van der Waals surface area (Å²) in [5, 5.41) is 23.4. The van der Waals surface area contributed by atoms with Gasteiger partial charge in [0.15, 0.2) is 5.82 Å². The monoisotopic (exact) mass is 378 g/mol. The molecule has 9 heteroatoms. The minimum atomic E-state index is -0.402. The Morgan fingerprint density at radius 2 is 1.93 bits per heavy atom. The molecule has 0 aliphatic rings. The minimum Gasteiger partial charge on any atom is -0.377 e. The van der Waals surface area contributed by atoms with E-state index < -0.39 is 4.92 Å². The Balaban J connectivity index is 1.81. The number of aryl methyl sites for hydroxylation is 1. The van der Waals surface area contributed by atoms with Gasteiger partial charge in [-0.25, -0.2) is 0 Å². The van der Waals surface area contributed by atoms with E-state index in [2.05, 4.69) is 15.5 Å². The van der Waals surface area contributed by atoms with Gasteiger partial charge in [-0.3, -0.25) is 23.9 Å². The maximum Gasteiger partial charge on any atom is 0.274 e. The molecule has 0 saturated carbocycles. The van der Waals surface area contributed by atoms with Crippen LogP contribution in [0.4, 0.5) is 11.4 Å². The summed E-state index contributed by atoms with van der Waals surface area (Å²) in [6.07, 6.45) is 0. The first-order chi connectivity index (χ1) is 13.5. The molecule has 0 amide bonds. The third kappa shape index (κ3) is 2.68. The Bertz CT molecular complexity index is 1270. The van der Waals surface area contributed by atoms with Crippen molar-refractivity contribution in [1.29, 1.82) is 0 Å². The molecule has 4 aromatic rings. The summed E-state index contributed by atoms with van der Waals surface area (Å²) in [6, 6.07) is 12.2. The molecule has 0 aliphatic carbocycles. The van der Waals surface area contributed by atoms with Crippen LogP contribution in [0.1, 0.15) is 18.3 Å². The standard InChI is InChI=1S/C19H18N6O3/c1-3-23-18(26)13-7-4-5-9-16(13)24-17(21-22-19(23)24)11-20-14-8-6-10-15(12(14)2)25(27)28/h4-10,20H,3,11H2,1-2H3. The number of anilines is 1. The zero-order valence-corrected chi connectivity index (χ0v) is 15.4. The number of nitrogens with zero attached hydrogens (tertiary/aromatic N) is 5. The number of nitrogens with one attached hydrogen (secondary N) is 1. The molecule has 0 saturated heterocycles. The molecular formula is C19H18N6O3. The summed E-state index contributed by atoms with van der Waals surface area (Å²) in [4.78, 5) is 23.5. The van der Waals surface area contributed by atoms with Gasteiger partial charge in [0.05, 0.1) is 22.4 Å². The predicted octanol–water partition coefficient (Wildman–Crippen LogP) is 2.89. The van der Waals surface area contributed by atoms with Gasteiger partial charge in [0.25, 0.3) is 11.2 Å². The van der Waals surface area contributed by atoms with Crippen LogP contribution in [0.3, 0.4) is 0 Å². The molecule has 0 unspecified atom stereocenters. The number of benzene rings is 2. The summed E-state index contributed by atoms with van der Waals surface area (Å²) in [6.45, 7) is 4.36. The Morgan fingerprint density at radius 3 is 2.68 bits per heavy atom. The van der Waals surface area contributed by atoms with Crippen LogP contribution in [0.2, 0.25) is 0 Å². The van der Waals surface area contributed by atoms with E-state index in [0.717, 1.165) is 5.52 Å². The molecule has 0 aliphatic heterocycles. The van der Waals surface area contributed by atoms with Crippen LogP contribution >= 0.6 is 0 Å². The Hall–Kier alpha value is -3.75. The summed E-state index contributed by atoms with van der Waals surface area (Å²) >= 11 is 0. The quantitative estimate of drug-likeness (QED) is 0.423. The number of fused-ring (bicyclic) bond motifs is 3. The van der Waals surface area contributed by atoms with Crippen molar-refractivity contribution in [2.24, 2.45) is 0 Å². The topological polar surface area (TPSA) is 107 Å². The van der Waals surface area contributed by atoms with Crippen LogP contribution in [0.25, 0.3) is 16.7 Å². The maximum atomic E-state index is 12.7. The summed E-state index contributed by atoms with van der Waals surface area (Å²) in [5.41, 5.74) is 1.88. The average molecular weight is 378 g/mol. The van der Waals surface area contributed by atoms with Crippen molar-refractivity contribution in [3.05, 3.63) is 74.3 Å². The minimum absolute atomic E-state index is 0.0568. The molecule has 0 spiro atoms. The van der Waals surface area contributed by atoms with Crippen molar-refractivity contribution in [3.63, 3.8) is 0 Å². The lowest BCUT2D eigenvalue weighted by Gasteiger charge is -2.11. The lowest BCUT2D eigenvalue weighted by atomic mass is 10.1. The number of rotatable bonds is 5. The van der Waals surface area contributed by atoms with Crippen molar-refractivity contribution in [2.75, 3.05) is 5.32 Å². The number of hydrogen-bond donors (Lipinski definition) is 1. The molecule has 2 heterocycles. The zero-order chi connectivity index (χ0) is 19.8. The van der Waals surface area contributed by atoms with Crippen LogP contribution in [-0.2, 0) is 13.1 Å². The first-order valence-corrected chi connectivity index (χ1v) is 8.86. The van der Waals surface area contributed by atoms with Crippen LogP contribution in [-0.4, -0.2) is 24.1 Å². The lowest BCUT2D eigenvalue weighted by Crippen LogP contribution is -2.23. The summed E-state index contributed by atoms with van der Waals surface area (Å²) in [7, 11) is 0. The van der Waals surface area contributed by atoms with E-state index in [4.69, 9.17) is 0 Å². The number of nitro groups is 1. The molecular weight excluding hydrogens is 360 g/mol. The smallest absolute Gasteiger partial charge is 0.274 e. The van der Waals surface area contributed by atoms with E-state index in [1.807, 2.05) is 29.5 Å². The number of nitro benzene ring substituents is 1. The molecule has 2 aromatic heterocycles. The fraction of sp³-hybridized carbons (Fsp3) is 0.211. The number of para-hydroxylation sites is 1. The van der Waals surface area contributed by atoms with Gasteiger partial charge >= 0.3 is 0 Å². The summed E-state index contributed by atoms with van der Waals surface area (Å²) in [5.74, 6) is 1.08.